The summed E-state index contributed by atoms with van der Waals surface area (Å²) in [6.45, 7) is 0. The fourth-order valence-electron chi connectivity index (χ4n) is 2.05. The number of nitrogens with one attached hydrogen (secondary N) is 1. The van der Waals surface area contributed by atoms with Crippen molar-refractivity contribution in [3.8, 4) is 17.0 Å². The summed E-state index contributed by atoms with van der Waals surface area (Å²) in [6, 6.07) is 16.4. The van der Waals surface area contributed by atoms with Gasteiger partial charge in [-0.25, -0.2) is 0 Å². The smallest absolute Gasteiger partial charge is 0.118 e. The van der Waals surface area contributed by atoms with Gasteiger partial charge in [0.05, 0.1) is 12.6 Å². The normalized spacial score (nSPS) is 10.8. The zero-order chi connectivity index (χ0) is 12.5. The van der Waals surface area contributed by atoms with Crippen LogP contribution in [0.15, 0.2) is 53.0 Å². The number of ether oxygens (including phenoxy) is 1. The predicted molar refractivity (Wildman–Crippen MR) is 78.0 cm³/mol. The van der Waals surface area contributed by atoms with Gasteiger partial charge in [-0.15, -0.1) is 0 Å². The van der Waals surface area contributed by atoms with Gasteiger partial charge >= 0.3 is 0 Å². The Morgan fingerprint density at radius 2 is 1.83 bits per heavy atom. The molecule has 0 saturated carbocycles. The lowest BCUT2D eigenvalue weighted by Crippen LogP contribution is -1.82. The van der Waals surface area contributed by atoms with Crippen molar-refractivity contribution in [3.63, 3.8) is 0 Å². The van der Waals surface area contributed by atoms with Crippen LogP contribution in [0, 0.1) is 0 Å². The maximum absolute atomic E-state index is 5.17. The molecule has 0 amide bonds. The summed E-state index contributed by atoms with van der Waals surface area (Å²) < 4.78 is 6.25. The van der Waals surface area contributed by atoms with Crippen molar-refractivity contribution in [2.75, 3.05) is 7.11 Å². The van der Waals surface area contributed by atoms with Crippen LogP contribution in [0.25, 0.3) is 22.2 Å². The van der Waals surface area contributed by atoms with Gasteiger partial charge in [0.15, 0.2) is 0 Å². The molecule has 1 N–H and O–H groups in total. The molecule has 3 heteroatoms. The molecule has 0 unspecified atom stereocenters. The molecular formula is C15H12BrNO. The Kier molecular flexibility index (Phi) is 2.84. The van der Waals surface area contributed by atoms with Crippen LogP contribution in [-0.4, -0.2) is 12.1 Å². The molecular weight excluding hydrogens is 290 g/mol. The van der Waals surface area contributed by atoms with Crippen LogP contribution in [0.4, 0.5) is 0 Å². The van der Waals surface area contributed by atoms with E-state index in [1.165, 1.54) is 5.39 Å². The topological polar surface area (TPSA) is 25.0 Å². The minimum atomic E-state index is 0.871. The molecule has 0 atom stereocenters. The summed E-state index contributed by atoms with van der Waals surface area (Å²) in [5.74, 6) is 0.871. The highest BCUT2D eigenvalue weighted by Crippen LogP contribution is 2.29. The molecule has 2 nitrogen and oxygen atoms in total. The van der Waals surface area contributed by atoms with E-state index in [1.807, 2.05) is 24.3 Å². The van der Waals surface area contributed by atoms with Crippen molar-refractivity contribution in [2.24, 2.45) is 0 Å². The lowest BCUT2D eigenvalue weighted by molar-refractivity contribution is 0.415. The quantitative estimate of drug-likeness (QED) is 0.735. The van der Waals surface area contributed by atoms with Crippen LogP contribution < -0.4 is 4.74 Å². The van der Waals surface area contributed by atoms with Gasteiger partial charge in [0.2, 0.25) is 0 Å². The minimum Gasteiger partial charge on any atom is -0.497 e. The Bertz CT molecular complexity index is 685. The number of aromatic amines is 1. The van der Waals surface area contributed by atoms with E-state index < -0.39 is 0 Å². The third kappa shape index (κ3) is 1.91. The largest absolute Gasteiger partial charge is 0.497 e. The molecule has 0 fully saturated rings. The van der Waals surface area contributed by atoms with Gasteiger partial charge in [-0.1, -0.05) is 12.1 Å². The Labute approximate surface area is 114 Å². The first kappa shape index (κ1) is 11.4. The van der Waals surface area contributed by atoms with Gasteiger partial charge in [0.25, 0.3) is 0 Å². The standard InChI is InChI=1S/C15H12BrNO/c1-18-12-7-5-10(6-8-12)14-9-11-3-2-4-13(16)15(11)17-14/h2-9,17H,1H3. The van der Waals surface area contributed by atoms with Crippen LogP contribution >= 0.6 is 15.9 Å². The Morgan fingerprint density at radius 3 is 2.50 bits per heavy atom. The maximum Gasteiger partial charge on any atom is 0.118 e. The summed E-state index contributed by atoms with van der Waals surface area (Å²) in [4.78, 5) is 3.43. The number of hydrogen-bond acceptors (Lipinski definition) is 1. The van der Waals surface area contributed by atoms with E-state index in [0.717, 1.165) is 27.0 Å². The highest BCUT2D eigenvalue weighted by Gasteiger charge is 2.05. The van der Waals surface area contributed by atoms with Gasteiger partial charge in [0, 0.05) is 15.6 Å². The number of halogens is 1. The zero-order valence-corrected chi connectivity index (χ0v) is 11.5. The molecule has 0 radical (unpaired) electrons. The lowest BCUT2D eigenvalue weighted by atomic mass is 10.1. The summed E-state index contributed by atoms with van der Waals surface area (Å²) >= 11 is 3.55. The first-order valence-electron chi connectivity index (χ1n) is 5.69. The van der Waals surface area contributed by atoms with Crippen molar-refractivity contribution >= 4 is 26.8 Å². The average molecular weight is 302 g/mol. The Morgan fingerprint density at radius 1 is 1.06 bits per heavy atom. The zero-order valence-electron chi connectivity index (χ0n) is 9.91. The first-order valence-corrected chi connectivity index (χ1v) is 6.49. The monoisotopic (exact) mass is 301 g/mol. The molecule has 0 aliphatic carbocycles. The Balaban J connectivity index is 2.10. The number of methoxy groups -OCH3 is 1. The molecule has 3 aromatic rings. The van der Waals surface area contributed by atoms with E-state index in [0.29, 0.717) is 0 Å². The fourth-order valence-corrected chi connectivity index (χ4v) is 2.53. The highest BCUT2D eigenvalue weighted by molar-refractivity contribution is 9.10. The first-order chi connectivity index (χ1) is 8.78. The average Bonchev–Trinajstić information content (AvgIpc) is 2.84. The van der Waals surface area contributed by atoms with E-state index >= 15 is 0 Å². The number of hydrogen-bond donors (Lipinski definition) is 1. The molecule has 1 heterocycles. The number of aromatic nitrogens is 1. The highest BCUT2D eigenvalue weighted by atomic mass is 79.9. The molecule has 0 aliphatic heterocycles. The van der Waals surface area contributed by atoms with E-state index in [4.69, 9.17) is 4.74 Å². The van der Waals surface area contributed by atoms with E-state index in [1.54, 1.807) is 7.11 Å². The van der Waals surface area contributed by atoms with Crippen molar-refractivity contribution in [1.82, 2.24) is 4.98 Å². The molecule has 2 aromatic carbocycles. The minimum absolute atomic E-state index is 0.871. The van der Waals surface area contributed by atoms with Crippen molar-refractivity contribution in [2.45, 2.75) is 0 Å². The summed E-state index contributed by atoms with van der Waals surface area (Å²) in [5, 5.41) is 1.20. The number of H-pyrrole nitrogens is 1. The summed E-state index contributed by atoms with van der Waals surface area (Å²) in [5.41, 5.74) is 3.39. The third-order valence-corrected chi connectivity index (χ3v) is 3.67. The molecule has 18 heavy (non-hydrogen) atoms. The number of rotatable bonds is 2. The van der Waals surface area contributed by atoms with Gasteiger partial charge in [0.1, 0.15) is 5.75 Å². The molecule has 0 aliphatic rings. The molecule has 0 saturated heterocycles. The van der Waals surface area contributed by atoms with Gasteiger partial charge < -0.3 is 9.72 Å². The fraction of sp³-hybridized carbons (Fsp3) is 0.0667. The molecule has 0 spiro atoms. The van der Waals surface area contributed by atoms with Crippen LogP contribution in [0.1, 0.15) is 0 Å². The summed E-state index contributed by atoms with van der Waals surface area (Å²) in [7, 11) is 1.68. The maximum atomic E-state index is 5.17. The van der Waals surface area contributed by atoms with Crippen molar-refractivity contribution in [1.29, 1.82) is 0 Å². The predicted octanol–water partition coefficient (Wildman–Crippen LogP) is 4.61. The second kappa shape index (κ2) is 4.50. The molecule has 3 rings (SSSR count). The molecule has 0 bridgehead atoms. The number of fused-ring (bicyclic) bond motifs is 1. The van der Waals surface area contributed by atoms with Crippen molar-refractivity contribution in [3.05, 3.63) is 53.0 Å². The van der Waals surface area contributed by atoms with Crippen LogP contribution in [0.5, 0.6) is 5.75 Å². The van der Waals surface area contributed by atoms with Gasteiger partial charge in [-0.05, 0) is 57.9 Å². The lowest BCUT2D eigenvalue weighted by Gasteiger charge is -2.01. The van der Waals surface area contributed by atoms with Crippen LogP contribution in [0.2, 0.25) is 0 Å². The van der Waals surface area contributed by atoms with Crippen LogP contribution in [0.3, 0.4) is 0 Å². The van der Waals surface area contributed by atoms with Crippen molar-refractivity contribution < 1.29 is 4.74 Å². The SMILES string of the molecule is COc1ccc(-c2cc3cccc(Br)c3[nH]2)cc1. The second-order valence-corrected chi connectivity index (χ2v) is 4.97. The molecule has 90 valence electrons. The molecule has 1 aromatic heterocycles. The van der Waals surface area contributed by atoms with Crippen LogP contribution in [-0.2, 0) is 0 Å². The second-order valence-electron chi connectivity index (χ2n) is 4.12. The van der Waals surface area contributed by atoms with E-state index in [-0.39, 0.29) is 0 Å². The summed E-state index contributed by atoms with van der Waals surface area (Å²) in [6.07, 6.45) is 0. The van der Waals surface area contributed by atoms with Gasteiger partial charge in [-0.2, -0.15) is 0 Å². The number of para-hydroxylation sites is 1. The van der Waals surface area contributed by atoms with Gasteiger partial charge in [-0.3, -0.25) is 0 Å². The number of benzene rings is 2. The van der Waals surface area contributed by atoms with E-state index in [9.17, 15) is 0 Å². The Hall–Kier alpha value is -1.74. The van der Waals surface area contributed by atoms with E-state index in [2.05, 4.69) is 45.2 Å². The third-order valence-electron chi connectivity index (χ3n) is 3.01.